The van der Waals surface area contributed by atoms with E-state index in [9.17, 15) is 19.1 Å². The van der Waals surface area contributed by atoms with Gasteiger partial charge in [-0.15, -0.1) is 0 Å². The number of hydrogen-bond acceptors (Lipinski definition) is 4. The minimum absolute atomic E-state index is 0.253. The average molecular weight is 374 g/mol. The highest BCUT2D eigenvalue weighted by Crippen LogP contribution is 2.25. The number of carbonyl (C=O) groups is 2. The van der Waals surface area contributed by atoms with Crippen LogP contribution in [0.5, 0.6) is 0 Å². The molecule has 7 nitrogen and oxygen atoms in total. The van der Waals surface area contributed by atoms with Gasteiger partial charge in [-0.2, -0.15) is 5.10 Å². The molecule has 2 atom stereocenters. The molecule has 0 saturated carbocycles. The average Bonchev–Trinajstić information content (AvgIpc) is 3.10. The first-order valence-electron chi connectivity index (χ1n) is 8.99. The fraction of sp³-hybridized carbons (Fsp3) is 0.421. The predicted octanol–water partition coefficient (Wildman–Crippen LogP) is 2.27. The van der Waals surface area contributed by atoms with Gasteiger partial charge in [0.1, 0.15) is 5.82 Å². The Morgan fingerprint density at radius 1 is 1.30 bits per heavy atom. The largest absolute Gasteiger partial charge is 0.481 e. The molecule has 1 aromatic heterocycles. The van der Waals surface area contributed by atoms with Gasteiger partial charge in [-0.3, -0.25) is 19.6 Å². The van der Waals surface area contributed by atoms with Gasteiger partial charge in [-0.1, -0.05) is 6.92 Å². The Bertz CT molecular complexity index is 806. The molecule has 1 saturated heterocycles. The zero-order chi connectivity index (χ0) is 19.4. The van der Waals surface area contributed by atoms with Crippen molar-refractivity contribution in [3.63, 3.8) is 0 Å². The number of piperidine rings is 1. The third-order valence-corrected chi connectivity index (χ3v) is 4.80. The van der Waals surface area contributed by atoms with Crippen LogP contribution in [0.15, 0.2) is 30.3 Å². The van der Waals surface area contributed by atoms with Crippen molar-refractivity contribution in [2.24, 2.45) is 11.8 Å². The molecule has 1 aromatic carbocycles. The number of hydrogen-bond donors (Lipinski definition) is 3. The number of amides is 1. The number of aryl methyl sites for hydroxylation is 1. The number of aliphatic carboxylic acids is 1. The Balaban J connectivity index is 1.68. The molecule has 1 aliphatic heterocycles. The summed E-state index contributed by atoms with van der Waals surface area (Å²) in [6.45, 7) is 3.36. The molecule has 2 heterocycles. The summed E-state index contributed by atoms with van der Waals surface area (Å²) in [6.07, 6.45) is 1.10. The third kappa shape index (κ3) is 4.91. The summed E-state index contributed by atoms with van der Waals surface area (Å²) in [5.74, 6) is -2.61. The van der Waals surface area contributed by atoms with Crippen LogP contribution in [0.4, 0.5) is 10.1 Å². The number of nitrogens with zero attached hydrogens (tertiary/aromatic N) is 2. The summed E-state index contributed by atoms with van der Waals surface area (Å²) in [5.41, 5.74) is 2.34. The van der Waals surface area contributed by atoms with E-state index < -0.39 is 17.8 Å². The number of carboxylic acids is 1. The van der Waals surface area contributed by atoms with Crippen LogP contribution in [0.2, 0.25) is 0 Å². The van der Waals surface area contributed by atoms with Crippen molar-refractivity contribution in [3.8, 4) is 0 Å². The number of aromatic nitrogens is 2. The molecular formula is C19H23FN4O3. The van der Waals surface area contributed by atoms with Crippen molar-refractivity contribution in [1.82, 2.24) is 15.1 Å². The lowest BCUT2D eigenvalue weighted by Crippen LogP contribution is -2.46. The first kappa shape index (κ1) is 19.0. The number of H-pyrrole nitrogens is 1. The van der Waals surface area contributed by atoms with Crippen molar-refractivity contribution in [2.45, 2.75) is 26.3 Å². The molecule has 1 aliphatic rings. The maximum atomic E-state index is 13.0. The highest BCUT2D eigenvalue weighted by Gasteiger charge is 2.35. The number of carboxylic acid groups (broad SMARTS) is 1. The number of benzene rings is 1. The summed E-state index contributed by atoms with van der Waals surface area (Å²) in [7, 11) is 0. The van der Waals surface area contributed by atoms with Crippen molar-refractivity contribution >= 4 is 17.6 Å². The van der Waals surface area contributed by atoms with Gasteiger partial charge >= 0.3 is 5.97 Å². The van der Waals surface area contributed by atoms with Gasteiger partial charge in [-0.25, -0.2) is 4.39 Å². The maximum Gasteiger partial charge on any atom is 0.307 e. The number of nitrogens with one attached hydrogen (secondary N) is 2. The minimum Gasteiger partial charge on any atom is -0.481 e. The molecular weight excluding hydrogens is 351 g/mol. The van der Waals surface area contributed by atoms with Gasteiger partial charge in [0.15, 0.2) is 0 Å². The smallest absolute Gasteiger partial charge is 0.307 e. The van der Waals surface area contributed by atoms with E-state index in [-0.39, 0.29) is 18.1 Å². The molecule has 1 amide bonds. The van der Waals surface area contributed by atoms with Gasteiger partial charge in [0.25, 0.3) is 0 Å². The Hall–Kier alpha value is -2.74. The molecule has 0 unspecified atom stereocenters. The van der Waals surface area contributed by atoms with Gasteiger partial charge in [0.05, 0.1) is 17.5 Å². The lowest BCUT2D eigenvalue weighted by molar-refractivity contribution is -0.145. The van der Waals surface area contributed by atoms with Crippen LogP contribution in [0.1, 0.15) is 24.7 Å². The number of rotatable bonds is 6. The number of aromatic amines is 1. The summed E-state index contributed by atoms with van der Waals surface area (Å²) in [5, 5.41) is 19.4. The number of halogens is 1. The zero-order valence-corrected chi connectivity index (χ0v) is 15.1. The molecule has 0 radical (unpaired) electrons. The topological polar surface area (TPSA) is 98.3 Å². The van der Waals surface area contributed by atoms with Crippen LogP contribution in [0, 0.1) is 17.7 Å². The third-order valence-electron chi connectivity index (χ3n) is 4.80. The van der Waals surface area contributed by atoms with E-state index in [0.717, 1.165) is 17.8 Å². The van der Waals surface area contributed by atoms with Crippen LogP contribution in [-0.4, -0.2) is 45.2 Å². The molecule has 0 bridgehead atoms. The van der Waals surface area contributed by atoms with Crippen LogP contribution in [0.3, 0.4) is 0 Å². The molecule has 3 N–H and O–H groups in total. The Labute approximate surface area is 156 Å². The van der Waals surface area contributed by atoms with Crippen molar-refractivity contribution in [1.29, 1.82) is 0 Å². The van der Waals surface area contributed by atoms with Crippen LogP contribution in [-0.2, 0) is 22.6 Å². The SMILES string of the molecule is CCc1cc(CN2C[C@H](C(=O)O)C[C@H](C(=O)Nc3ccc(F)cc3)C2)[nH]n1. The second-order valence-corrected chi connectivity index (χ2v) is 6.90. The molecule has 0 aliphatic carbocycles. The lowest BCUT2D eigenvalue weighted by atomic mass is 9.88. The standard InChI is InChI=1S/C19H23FN4O3/c1-2-15-8-17(23-22-15)11-24-9-12(7-13(10-24)19(26)27)18(25)21-16-5-3-14(20)4-6-16/h3-6,8,12-13H,2,7,9-11H2,1H3,(H,21,25)(H,22,23)(H,26,27)/t12-,13+/m0/s1. The van der Waals surface area contributed by atoms with Crippen molar-refractivity contribution < 1.29 is 19.1 Å². The minimum atomic E-state index is -0.904. The molecule has 144 valence electrons. The van der Waals surface area contributed by atoms with Crippen LogP contribution >= 0.6 is 0 Å². The van der Waals surface area contributed by atoms with E-state index in [2.05, 4.69) is 15.5 Å². The Morgan fingerprint density at radius 2 is 2.00 bits per heavy atom. The molecule has 27 heavy (non-hydrogen) atoms. The second kappa shape index (κ2) is 8.30. The zero-order valence-electron chi connectivity index (χ0n) is 15.1. The quantitative estimate of drug-likeness (QED) is 0.721. The fourth-order valence-corrected chi connectivity index (χ4v) is 3.38. The lowest BCUT2D eigenvalue weighted by Gasteiger charge is -2.35. The predicted molar refractivity (Wildman–Crippen MR) is 97.5 cm³/mol. The van der Waals surface area contributed by atoms with Gasteiger partial charge in [-0.05, 0) is 43.2 Å². The number of likely N-dealkylation sites (tertiary alicyclic amines) is 1. The van der Waals surface area contributed by atoms with E-state index in [1.165, 1.54) is 24.3 Å². The highest BCUT2D eigenvalue weighted by atomic mass is 19.1. The number of anilines is 1. The molecule has 8 heteroatoms. The van der Waals surface area contributed by atoms with E-state index in [0.29, 0.717) is 25.3 Å². The van der Waals surface area contributed by atoms with Crippen LogP contribution < -0.4 is 5.32 Å². The highest BCUT2D eigenvalue weighted by molar-refractivity contribution is 5.93. The second-order valence-electron chi connectivity index (χ2n) is 6.90. The van der Waals surface area contributed by atoms with E-state index in [4.69, 9.17) is 0 Å². The summed E-state index contributed by atoms with van der Waals surface area (Å²) >= 11 is 0. The van der Waals surface area contributed by atoms with Crippen LogP contribution in [0.25, 0.3) is 0 Å². The van der Waals surface area contributed by atoms with Gasteiger partial charge in [0.2, 0.25) is 5.91 Å². The first-order chi connectivity index (χ1) is 12.9. The van der Waals surface area contributed by atoms with Crippen molar-refractivity contribution in [3.05, 3.63) is 47.5 Å². The molecule has 2 aromatic rings. The van der Waals surface area contributed by atoms with Gasteiger partial charge in [0, 0.05) is 31.0 Å². The van der Waals surface area contributed by atoms with Gasteiger partial charge < -0.3 is 10.4 Å². The first-order valence-corrected chi connectivity index (χ1v) is 8.99. The summed E-state index contributed by atoms with van der Waals surface area (Å²) in [6, 6.07) is 7.47. The molecule has 1 fully saturated rings. The van der Waals surface area contributed by atoms with Crippen molar-refractivity contribution in [2.75, 3.05) is 18.4 Å². The Morgan fingerprint density at radius 3 is 2.63 bits per heavy atom. The molecule has 3 rings (SSSR count). The summed E-state index contributed by atoms with van der Waals surface area (Å²) in [4.78, 5) is 26.1. The normalized spacial score (nSPS) is 20.4. The fourth-order valence-electron chi connectivity index (χ4n) is 3.38. The number of carbonyl (C=O) groups excluding carboxylic acids is 1. The van der Waals surface area contributed by atoms with E-state index >= 15 is 0 Å². The van der Waals surface area contributed by atoms with E-state index in [1.807, 2.05) is 17.9 Å². The molecule has 0 spiro atoms. The monoisotopic (exact) mass is 374 g/mol. The maximum absolute atomic E-state index is 13.0. The summed E-state index contributed by atoms with van der Waals surface area (Å²) < 4.78 is 13.0. The van der Waals surface area contributed by atoms with E-state index in [1.54, 1.807) is 0 Å². The Kier molecular flexibility index (Phi) is 5.85.